The maximum atomic E-state index is 13.7. The van der Waals surface area contributed by atoms with Crippen LogP contribution in [0.15, 0.2) is 9.95 Å². The normalized spacial score (nSPS) is 25.9. The molecule has 1 aliphatic carbocycles. The van der Waals surface area contributed by atoms with Gasteiger partial charge >= 0.3 is 0 Å². The second-order valence-corrected chi connectivity index (χ2v) is 11.6. The van der Waals surface area contributed by atoms with Gasteiger partial charge in [0.15, 0.2) is 5.16 Å². The minimum absolute atomic E-state index is 0.0543. The Morgan fingerprint density at radius 2 is 1.91 bits per heavy atom. The number of amides is 1. The summed E-state index contributed by atoms with van der Waals surface area (Å²) in [5.41, 5.74) is 1.28. The fourth-order valence-corrected chi connectivity index (χ4v) is 7.78. The number of ether oxygens (including phenoxy) is 1. The molecule has 0 spiro atoms. The summed E-state index contributed by atoms with van der Waals surface area (Å²) in [5.74, 6) is 0.474. The van der Waals surface area contributed by atoms with Crippen LogP contribution in [0.4, 0.5) is 0 Å². The van der Waals surface area contributed by atoms with Crippen molar-refractivity contribution in [3.63, 3.8) is 0 Å². The molecular weight excluding hydrogens is 442 g/mol. The minimum atomic E-state index is 0.0543. The number of carbonyl (C=O) groups excluding carboxylic acids is 1. The second-order valence-electron chi connectivity index (χ2n) is 9.55. The molecule has 0 unspecified atom stereocenters. The lowest BCUT2D eigenvalue weighted by Crippen LogP contribution is -2.48. The molecule has 2 saturated heterocycles. The third kappa shape index (κ3) is 4.26. The van der Waals surface area contributed by atoms with Gasteiger partial charge in [0.05, 0.1) is 23.8 Å². The molecule has 1 amide bonds. The van der Waals surface area contributed by atoms with E-state index >= 15 is 0 Å². The number of fused-ring (bicyclic) bond motifs is 3. The number of thiophene rings is 1. The van der Waals surface area contributed by atoms with Gasteiger partial charge in [-0.2, -0.15) is 0 Å². The highest BCUT2D eigenvalue weighted by molar-refractivity contribution is 7.99. The predicted molar refractivity (Wildman–Crippen MR) is 130 cm³/mol. The van der Waals surface area contributed by atoms with Crippen LogP contribution < -0.4 is 5.56 Å². The molecule has 2 aliphatic heterocycles. The van der Waals surface area contributed by atoms with E-state index in [4.69, 9.17) is 9.72 Å². The maximum absolute atomic E-state index is 13.7. The number of aryl methyl sites for hydroxylation is 2. The van der Waals surface area contributed by atoms with Gasteiger partial charge in [0.1, 0.15) is 4.83 Å². The van der Waals surface area contributed by atoms with E-state index in [0.717, 1.165) is 61.8 Å². The van der Waals surface area contributed by atoms with Crippen molar-refractivity contribution in [1.82, 2.24) is 14.5 Å². The predicted octanol–water partition coefficient (Wildman–Crippen LogP) is 4.40. The van der Waals surface area contributed by atoms with E-state index in [9.17, 15) is 9.59 Å². The zero-order chi connectivity index (χ0) is 22.2. The van der Waals surface area contributed by atoms with E-state index in [0.29, 0.717) is 17.5 Å². The minimum Gasteiger partial charge on any atom is -0.376 e. The number of carbonyl (C=O) groups is 1. The Bertz CT molecular complexity index is 1050. The molecule has 6 nitrogen and oxygen atoms in total. The Labute approximate surface area is 197 Å². The number of thioether (sulfide) groups is 1. The Hall–Kier alpha value is -1.38. The standard InChI is InChI=1S/C24H33N3O3S2/c1-15-7-5-8-16(2)27(15)20(28)14-31-24-25-22-21(18-10-3-4-11-19(18)32-22)23(29)26(24)13-17-9-6-12-30-17/h15-17H,3-14H2,1-2H3/t15-,16-,17+/m1/s1. The molecule has 5 rings (SSSR count). The van der Waals surface area contributed by atoms with E-state index in [1.54, 1.807) is 15.9 Å². The summed E-state index contributed by atoms with van der Waals surface area (Å²) >= 11 is 3.10. The van der Waals surface area contributed by atoms with Gasteiger partial charge in [-0.25, -0.2) is 4.98 Å². The van der Waals surface area contributed by atoms with Crippen molar-refractivity contribution in [2.45, 2.75) is 102 Å². The number of rotatable bonds is 5. The van der Waals surface area contributed by atoms with E-state index in [1.165, 1.54) is 35.0 Å². The molecule has 32 heavy (non-hydrogen) atoms. The lowest BCUT2D eigenvalue weighted by Gasteiger charge is -2.39. The lowest BCUT2D eigenvalue weighted by atomic mass is 9.97. The number of hydrogen-bond donors (Lipinski definition) is 0. The Kier molecular flexibility index (Phi) is 6.63. The van der Waals surface area contributed by atoms with Gasteiger partial charge in [-0.3, -0.25) is 14.2 Å². The molecule has 2 aromatic heterocycles. The number of hydrogen-bond acceptors (Lipinski definition) is 6. The summed E-state index contributed by atoms with van der Waals surface area (Å²) in [6, 6.07) is 0.556. The van der Waals surface area contributed by atoms with Gasteiger partial charge in [0.25, 0.3) is 5.56 Å². The zero-order valence-corrected chi connectivity index (χ0v) is 20.7. The number of nitrogens with zero attached hydrogens (tertiary/aromatic N) is 3. The molecule has 2 fully saturated rings. The first-order valence-electron chi connectivity index (χ1n) is 12.1. The van der Waals surface area contributed by atoms with Crippen molar-refractivity contribution in [3.05, 3.63) is 20.8 Å². The molecule has 8 heteroatoms. The van der Waals surface area contributed by atoms with Crippen molar-refractivity contribution in [1.29, 1.82) is 0 Å². The Morgan fingerprint density at radius 1 is 1.12 bits per heavy atom. The molecule has 0 radical (unpaired) electrons. The maximum Gasteiger partial charge on any atom is 0.263 e. The molecular formula is C24H33N3O3S2. The van der Waals surface area contributed by atoms with Crippen molar-refractivity contribution in [2.24, 2.45) is 0 Å². The van der Waals surface area contributed by atoms with Crippen LogP contribution in [-0.2, 0) is 28.9 Å². The average molecular weight is 476 g/mol. The first-order valence-corrected chi connectivity index (χ1v) is 13.9. The van der Waals surface area contributed by atoms with Crippen molar-refractivity contribution >= 4 is 39.2 Å². The lowest BCUT2D eigenvalue weighted by molar-refractivity contribution is -0.134. The van der Waals surface area contributed by atoms with Gasteiger partial charge < -0.3 is 9.64 Å². The summed E-state index contributed by atoms with van der Waals surface area (Å²) in [4.78, 5) is 36.0. The van der Waals surface area contributed by atoms with E-state index in [1.807, 2.05) is 4.90 Å². The monoisotopic (exact) mass is 475 g/mol. The summed E-state index contributed by atoms with van der Waals surface area (Å²) in [6.45, 7) is 5.58. The van der Waals surface area contributed by atoms with Crippen molar-refractivity contribution in [2.75, 3.05) is 12.4 Å². The summed E-state index contributed by atoms with van der Waals surface area (Å²) in [7, 11) is 0. The second kappa shape index (κ2) is 9.47. The summed E-state index contributed by atoms with van der Waals surface area (Å²) in [6.07, 6.45) is 9.72. The first kappa shape index (κ1) is 22.4. The third-order valence-electron chi connectivity index (χ3n) is 7.26. The van der Waals surface area contributed by atoms with Gasteiger partial charge in [-0.05, 0) is 77.2 Å². The van der Waals surface area contributed by atoms with Crippen LogP contribution in [-0.4, -0.2) is 50.9 Å². The molecule has 0 bridgehead atoms. The van der Waals surface area contributed by atoms with Crippen molar-refractivity contribution < 1.29 is 9.53 Å². The van der Waals surface area contributed by atoms with Crippen LogP contribution >= 0.6 is 23.1 Å². The summed E-state index contributed by atoms with van der Waals surface area (Å²) < 4.78 is 7.66. The molecule has 0 N–H and O–H groups in total. The first-order chi connectivity index (χ1) is 15.5. The average Bonchev–Trinajstić information content (AvgIpc) is 3.41. The number of piperidine rings is 1. The van der Waals surface area contributed by atoms with Gasteiger partial charge in [0, 0.05) is 23.6 Å². The SMILES string of the molecule is C[C@@H]1CCC[C@@H](C)N1C(=O)CSc1nc2sc3c(c2c(=O)n1C[C@@H]1CCCO1)CCCC3. The largest absolute Gasteiger partial charge is 0.376 e. The highest BCUT2D eigenvalue weighted by Crippen LogP contribution is 2.35. The quantitative estimate of drug-likeness (QED) is 0.474. The van der Waals surface area contributed by atoms with Gasteiger partial charge in [-0.15, -0.1) is 11.3 Å². The van der Waals surface area contributed by atoms with Crippen LogP contribution in [0.1, 0.15) is 69.2 Å². The van der Waals surface area contributed by atoms with E-state index in [2.05, 4.69) is 13.8 Å². The fraction of sp³-hybridized carbons (Fsp3) is 0.708. The van der Waals surface area contributed by atoms with Gasteiger partial charge in [0.2, 0.25) is 5.91 Å². The highest BCUT2D eigenvalue weighted by Gasteiger charge is 2.30. The Balaban J connectivity index is 1.46. The van der Waals surface area contributed by atoms with Gasteiger partial charge in [-0.1, -0.05) is 11.8 Å². The molecule has 3 atom stereocenters. The number of aromatic nitrogens is 2. The zero-order valence-electron chi connectivity index (χ0n) is 19.1. The van der Waals surface area contributed by atoms with Crippen LogP contribution in [0, 0.1) is 0 Å². The number of likely N-dealkylation sites (tertiary alicyclic amines) is 1. The smallest absolute Gasteiger partial charge is 0.263 e. The van der Waals surface area contributed by atoms with Crippen molar-refractivity contribution in [3.8, 4) is 0 Å². The molecule has 0 aromatic carbocycles. The van der Waals surface area contributed by atoms with Crippen LogP contribution in [0.3, 0.4) is 0 Å². The Morgan fingerprint density at radius 3 is 2.66 bits per heavy atom. The van der Waals surface area contributed by atoms with E-state index < -0.39 is 0 Å². The van der Waals surface area contributed by atoms with Crippen LogP contribution in [0.5, 0.6) is 0 Å². The molecule has 3 aliphatic rings. The molecule has 174 valence electrons. The molecule has 0 saturated carbocycles. The van der Waals surface area contributed by atoms with Crippen LogP contribution in [0.25, 0.3) is 10.2 Å². The molecule has 2 aromatic rings. The topological polar surface area (TPSA) is 64.4 Å². The highest BCUT2D eigenvalue weighted by atomic mass is 32.2. The molecule has 4 heterocycles. The van der Waals surface area contributed by atoms with E-state index in [-0.39, 0.29) is 29.7 Å². The third-order valence-corrected chi connectivity index (χ3v) is 9.40. The van der Waals surface area contributed by atoms with Crippen LogP contribution in [0.2, 0.25) is 0 Å². The fourth-order valence-electron chi connectivity index (χ4n) is 5.60. The summed E-state index contributed by atoms with van der Waals surface area (Å²) in [5, 5.41) is 1.49.